The monoisotopic (exact) mass is 412 g/mol. The highest BCUT2D eigenvalue weighted by molar-refractivity contribution is 6.00. The van der Waals surface area contributed by atoms with Crippen molar-refractivity contribution in [3.63, 3.8) is 0 Å². The molecule has 9 nitrogen and oxygen atoms in total. The van der Waals surface area contributed by atoms with E-state index in [0.29, 0.717) is 35.4 Å². The Bertz CT molecular complexity index is 1130. The number of pyridine rings is 2. The van der Waals surface area contributed by atoms with E-state index in [1.54, 1.807) is 34.9 Å². The highest BCUT2D eigenvalue weighted by Crippen LogP contribution is 2.27. The quantitative estimate of drug-likeness (QED) is 0.711. The lowest BCUT2D eigenvalue weighted by Gasteiger charge is -2.38. The van der Waals surface area contributed by atoms with E-state index >= 15 is 0 Å². The van der Waals surface area contributed by atoms with E-state index in [0.717, 1.165) is 0 Å². The zero-order chi connectivity index (χ0) is 21.6. The molecule has 0 spiro atoms. The maximum Gasteiger partial charge on any atom is 0.410 e. The Labute approximate surface area is 173 Å². The number of hydrogen-bond acceptors (Lipinski definition) is 6. The number of ether oxygens (including phenoxy) is 2. The van der Waals surface area contributed by atoms with Crippen molar-refractivity contribution in [1.29, 1.82) is 0 Å². The normalized spacial score (nSPS) is 18.5. The highest BCUT2D eigenvalue weighted by atomic mass is 16.6. The van der Waals surface area contributed by atoms with Crippen LogP contribution in [0.25, 0.3) is 11.0 Å². The predicted molar refractivity (Wildman–Crippen MR) is 110 cm³/mol. The molecule has 0 unspecified atom stereocenters. The summed E-state index contributed by atoms with van der Waals surface area (Å²) >= 11 is 0. The van der Waals surface area contributed by atoms with Crippen molar-refractivity contribution >= 4 is 23.0 Å². The molecule has 1 fully saturated rings. The number of nitrogens with one attached hydrogen (secondary N) is 1. The number of aromatic amines is 1. The minimum atomic E-state index is -0.594. The van der Waals surface area contributed by atoms with Crippen LogP contribution in [0.5, 0.6) is 5.88 Å². The summed E-state index contributed by atoms with van der Waals surface area (Å²) in [6.45, 7) is 8.26. The van der Waals surface area contributed by atoms with Gasteiger partial charge in [-0.1, -0.05) is 0 Å². The Morgan fingerprint density at radius 3 is 2.73 bits per heavy atom. The third-order valence-corrected chi connectivity index (χ3v) is 4.94. The lowest BCUT2D eigenvalue weighted by molar-refractivity contribution is 0.0189. The number of aryl methyl sites for hydroxylation is 1. The Morgan fingerprint density at radius 1 is 1.23 bits per heavy atom. The summed E-state index contributed by atoms with van der Waals surface area (Å²) in [5.74, 6) is -0.0561. The molecule has 2 aromatic rings. The molecule has 0 aromatic carbocycles. The molecule has 0 atom stereocenters. The Morgan fingerprint density at radius 2 is 2.00 bits per heavy atom. The van der Waals surface area contributed by atoms with E-state index in [9.17, 15) is 14.4 Å². The van der Waals surface area contributed by atoms with Gasteiger partial charge in [0.1, 0.15) is 17.8 Å². The van der Waals surface area contributed by atoms with Crippen LogP contribution >= 0.6 is 0 Å². The second-order valence-corrected chi connectivity index (χ2v) is 8.42. The Kier molecular flexibility index (Phi) is 4.76. The number of aromatic nitrogens is 2. The van der Waals surface area contributed by atoms with Crippen molar-refractivity contribution in [1.82, 2.24) is 19.8 Å². The van der Waals surface area contributed by atoms with E-state index in [1.165, 1.54) is 0 Å². The number of nitrogens with zero attached hydrogens (tertiary/aromatic N) is 3. The van der Waals surface area contributed by atoms with Crippen LogP contribution in [0.1, 0.15) is 36.7 Å². The summed E-state index contributed by atoms with van der Waals surface area (Å²) in [6.07, 6.45) is 1.36. The SMILES string of the molecule is Cc1cc2nc3c(cc2[nH]c1=O)C(=O)N1CCN(C(=O)OC(C)(C)C)C/C1=C/CO3. The fourth-order valence-electron chi connectivity index (χ4n) is 3.45. The largest absolute Gasteiger partial charge is 0.473 e. The topological polar surface area (TPSA) is 105 Å². The summed E-state index contributed by atoms with van der Waals surface area (Å²) in [4.78, 5) is 48.0. The van der Waals surface area contributed by atoms with Gasteiger partial charge in [-0.3, -0.25) is 9.59 Å². The number of fused-ring (bicyclic) bond motifs is 3. The first-order valence-corrected chi connectivity index (χ1v) is 9.79. The van der Waals surface area contributed by atoms with Crippen molar-refractivity contribution in [2.24, 2.45) is 0 Å². The summed E-state index contributed by atoms with van der Waals surface area (Å²) in [5.41, 5.74) is 1.68. The fourth-order valence-corrected chi connectivity index (χ4v) is 3.45. The second kappa shape index (κ2) is 7.16. The minimum Gasteiger partial charge on any atom is -0.473 e. The van der Waals surface area contributed by atoms with Gasteiger partial charge in [-0.2, -0.15) is 0 Å². The van der Waals surface area contributed by atoms with Gasteiger partial charge in [-0.15, -0.1) is 0 Å². The third-order valence-electron chi connectivity index (χ3n) is 4.94. The van der Waals surface area contributed by atoms with Crippen LogP contribution in [-0.2, 0) is 4.74 Å². The van der Waals surface area contributed by atoms with Crippen LogP contribution in [0.2, 0.25) is 0 Å². The van der Waals surface area contributed by atoms with Gasteiger partial charge in [0, 0.05) is 24.4 Å². The first-order chi connectivity index (χ1) is 14.1. The first kappa shape index (κ1) is 19.9. The van der Waals surface area contributed by atoms with E-state index in [4.69, 9.17) is 9.47 Å². The molecule has 2 aliphatic heterocycles. The van der Waals surface area contributed by atoms with E-state index < -0.39 is 11.7 Å². The zero-order valence-electron chi connectivity index (χ0n) is 17.4. The predicted octanol–water partition coefficient (Wildman–Crippen LogP) is 2.20. The van der Waals surface area contributed by atoms with Crippen LogP contribution in [0, 0.1) is 6.92 Å². The molecule has 4 heterocycles. The average Bonchev–Trinajstić information content (AvgIpc) is 2.66. The molecule has 0 bridgehead atoms. The van der Waals surface area contributed by atoms with Gasteiger partial charge in [-0.05, 0) is 45.9 Å². The molecule has 0 saturated carbocycles. The van der Waals surface area contributed by atoms with E-state index in [-0.39, 0.29) is 36.1 Å². The van der Waals surface area contributed by atoms with Gasteiger partial charge in [0.05, 0.1) is 17.6 Å². The van der Waals surface area contributed by atoms with E-state index in [1.807, 2.05) is 20.8 Å². The number of carbonyl (C=O) groups excluding carboxylic acids is 2. The van der Waals surface area contributed by atoms with Crippen molar-refractivity contribution < 1.29 is 19.1 Å². The second-order valence-electron chi connectivity index (χ2n) is 8.42. The number of hydrogen-bond donors (Lipinski definition) is 1. The molecule has 30 heavy (non-hydrogen) atoms. The smallest absolute Gasteiger partial charge is 0.410 e. The lowest BCUT2D eigenvalue weighted by atomic mass is 10.1. The van der Waals surface area contributed by atoms with Crippen LogP contribution < -0.4 is 10.3 Å². The van der Waals surface area contributed by atoms with Crippen LogP contribution in [0.15, 0.2) is 28.7 Å². The average molecular weight is 412 g/mol. The molecule has 158 valence electrons. The molecular weight excluding hydrogens is 388 g/mol. The summed E-state index contributed by atoms with van der Waals surface area (Å²) in [7, 11) is 0. The molecule has 1 saturated heterocycles. The van der Waals surface area contributed by atoms with Crippen molar-refractivity contribution in [3.05, 3.63) is 45.4 Å². The van der Waals surface area contributed by atoms with E-state index in [2.05, 4.69) is 9.97 Å². The third kappa shape index (κ3) is 3.74. The zero-order valence-corrected chi connectivity index (χ0v) is 17.4. The summed E-state index contributed by atoms with van der Waals surface area (Å²) in [6, 6.07) is 3.27. The Hall–Kier alpha value is -3.36. The lowest BCUT2D eigenvalue weighted by Crippen LogP contribution is -2.50. The maximum absolute atomic E-state index is 13.3. The molecule has 2 aliphatic rings. The van der Waals surface area contributed by atoms with Crippen LogP contribution in [0.4, 0.5) is 4.79 Å². The van der Waals surface area contributed by atoms with Crippen LogP contribution in [-0.4, -0.2) is 63.6 Å². The minimum absolute atomic E-state index is 0.203. The van der Waals surface area contributed by atoms with Gasteiger partial charge in [0.2, 0.25) is 5.88 Å². The van der Waals surface area contributed by atoms with Crippen LogP contribution in [0.3, 0.4) is 0 Å². The molecule has 2 amide bonds. The summed E-state index contributed by atoms with van der Waals surface area (Å²) < 4.78 is 11.2. The van der Waals surface area contributed by atoms with Crippen molar-refractivity contribution in [3.8, 4) is 5.88 Å². The molecular formula is C21H24N4O5. The van der Waals surface area contributed by atoms with Gasteiger partial charge in [-0.25, -0.2) is 9.78 Å². The molecule has 9 heteroatoms. The molecule has 2 aromatic heterocycles. The number of carbonyl (C=O) groups is 2. The van der Waals surface area contributed by atoms with Crippen molar-refractivity contribution in [2.45, 2.75) is 33.3 Å². The molecule has 0 radical (unpaired) electrons. The van der Waals surface area contributed by atoms with Crippen molar-refractivity contribution in [2.75, 3.05) is 26.2 Å². The maximum atomic E-state index is 13.3. The van der Waals surface area contributed by atoms with Gasteiger partial charge >= 0.3 is 6.09 Å². The number of H-pyrrole nitrogens is 1. The first-order valence-electron chi connectivity index (χ1n) is 9.79. The fraction of sp³-hybridized carbons (Fsp3) is 0.429. The Balaban J connectivity index is 1.64. The highest BCUT2D eigenvalue weighted by Gasteiger charge is 2.33. The number of piperazine rings is 1. The van der Waals surface area contributed by atoms with Gasteiger partial charge in [0.15, 0.2) is 0 Å². The van der Waals surface area contributed by atoms with Gasteiger partial charge in [0.25, 0.3) is 11.5 Å². The van der Waals surface area contributed by atoms with Gasteiger partial charge < -0.3 is 24.3 Å². The number of amides is 2. The number of rotatable bonds is 0. The molecule has 0 aliphatic carbocycles. The standard InChI is InChI=1S/C21H24N4O5/c1-12-9-15-16(22-17(12)26)10-14-18(23-15)29-8-5-13-11-24(6-7-25(13)19(14)27)20(28)30-21(2,3)4/h5,9-10H,6-8,11H2,1-4H3,(H,22,26)/b13-5-. The molecule has 4 rings (SSSR count). The summed E-state index contributed by atoms with van der Waals surface area (Å²) in [5, 5.41) is 0. The molecule has 1 N–H and O–H groups in total.